The van der Waals surface area contributed by atoms with Crippen LogP contribution in [0.4, 0.5) is 5.13 Å². The highest BCUT2D eigenvalue weighted by molar-refractivity contribution is 7.89. The summed E-state index contributed by atoms with van der Waals surface area (Å²) in [6, 6.07) is 20.5. The Balaban J connectivity index is 1.31. The van der Waals surface area contributed by atoms with Crippen molar-refractivity contribution in [2.45, 2.75) is 36.6 Å². The smallest absolute Gasteiger partial charge is 0.243 e. The third-order valence-electron chi connectivity index (χ3n) is 7.67. The maximum absolute atomic E-state index is 13.1. The molecule has 1 fully saturated rings. The summed E-state index contributed by atoms with van der Waals surface area (Å²) in [4.78, 5) is 5.25. The van der Waals surface area contributed by atoms with Crippen LogP contribution in [0, 0.1) is 0 Å². The number of methoxy groups -OCH3 is 2. The number of ether oxygens (including phenoxy) is 2. The molecular formula is C31H31ClN4O4S2. The van der Waals surface area contributed by atoms with Gasteiger partial charge >= 0.3 is 0 Å². The molecule has 0 bridgehead atoms. The maximum Gasteiger partial charge on any atom is 0.243 e. The topological polar surface area (TPSA) is 84.3 Å². The van der Waals surface area contributed by atoms with Gasteiger partial charge in [0.05, 0.1) is 36.6 Å². The highest BCUT2D eigenvalue weighted by Crippen LogP contribution is 2.41. The van der Waals surface area contributed by atoms with Crippen molar-refractivity contribution >= 4 is 43.8 Å². The number of piperidine rings is 1. The minimum Gasteiger partial charge on any atom is -0.493 e. The van der Waals surface area contributed by atoms with Crippen LogP contribution in [0.2, 0.25) is 5.02 Å². The number of hydrazone groups is 1. The molecule has 0 spiro atoms. The highest BCUT2D eigenvalue weighted by atomic mass is 35.5. The number of benzene rings is 3. The molecule has 0 radical (unpaired) electrons. The Labute approximate surface area is 255 Å². The lowest BCUT2D eigenvalue weighted by atomic mass is 9.98. The van der Waals surface area contributed by atoms with Gasteiger partial charge in [-0.25, -0.2) is 18.4 Å². The van der Waals surface area contributed by atoms with Gasteiger partial charge in [0.2, 0.25) is 15.2 Å². The van der Waals surface area contributed by atoms with Crippen molar-refractivity contribution in [3.05, 3.63) is 88.3 Å². The Hall–Kier alpha value is -3.44. The zero-order valence-corrected chi connectivity index (χ0v) is 25.8. The van der Waals surface area contributed by atoms with Crippen molar-refractivity contribution in [2.24, 2.45) is 5.10 Å². The van der Waals surface area contributed by atoms with E-state index in [1.54, 1.807) is 30.7 Å². The van der Waals surface area contributed by atoms with Gasteiger partial charge in [0, 0.05) is 35.5 Å². The quantitative estimate of drug-likeness (QED) is 0.210. The molecule has 42 heavy (non-hydrogen) atoms. The molecule has 1 saturated heterocycles. The number of nitrogens with zero attached hydrogens (tertiary/aromatic N) is 4. The summed E-state index contributed by atoms with van der Waals surface area (Å²) in [6.07, 6.45) is 3.55. The molecule has 2 aliphatic heterocycles. The second-order valence-corrected chi connectivity index (χ2v) is 13.4. The van der Waals surface area contributed by atoms with Crippen molar-refractivity contribution in [1.29, 1.82) is 0 Å². The van der Waals surface area contributed by atoms with Gasteiger partial charge < -0.3 is 9.47 Å². The Bertz CT molecular complexity index is 1700. The number of hydrogen-bond acceptors (Lipinski definition) is 8. The first-order chi connectivity index (χ1) is 20.4. The van der Waals surface area contributed by atoms with Crippen molar-refractivity contribution in [3.63, 3.8) is 0 Å². The minimum atomic E-state index is -3.49. The largest absolute Gasteiger partial charge is 0.493 e. The predicted molar refractivity (Wildman–Crippen MR) is 168 cm³/mol. The van der Waals surface area contributed by atoms with E-state index in [2.05, 4.69) is 0 Å². The molecule has 3 heterocycles. The van der Waals surface area contributed by atoms with Crippen LogP contribution >= 0.6 is 22.9 Å². The second kappa shape index (κ2) is 12.0. The molecule has 4 aromatic rings. The van der Waals surface area contributed by atoms with Gasteiger partial charge in [-0.1, -0.05) is 48.4 Å². The van der Waals surface area contributed by atoms with E-state index in [1.807, 2.05) is 65.0 Å². The molecule has 1 atom stereocenters. The average molecular weight is 623 g/mol. The minimum absolute atomic E-state index is 0.119. The Kier molecular flexibility index (Phi) is 8.22. The Morgan fingerprint density at radius 3 is 2.26 bits per heavy atom. The molecule has 0 amide bonds. The fraction of sp³-hybridized carbons (Fsp3) is 0.290. The van der Waals surface area contributed by atoms with Gasteiger partial charge in [0.25, 0.3) is 0 Å². The molecule has 0 aliphatic carbocycles. The summed E-state index contributed by atoms with van der Waals surface area (Å²) < 4.78 is 38.8. The predicted octanol–water partition coefficient (Wildman–Crippen LogP) is 7.01. The normalized spacial score (nSPS) is 17.7. The van der Waals surface area contributed by atoms with Gasteiger partial charge in [-0.05, 0) is 60.4 Å². The summed E-state index contributed by atoms with van der Waals surface area (Å²) in [6.45, 7) is 1.16. The lowest BCUT2D eigenvalue weighted by Gasteiger charge is -2.25. The molecule has 218 valence electrons. The molecule has 0 N–H and O–H groups in total. The summed E-state index contributed by atoms with van der Waals surface area (Å²) in [5.41, 5.74) is 4.55. The molecule has 1 aromatic heterocycles. The molecular weight excluding hydrogens is 592 g/mol. The van der Waals surface area contributed by atoms with Crippen LogP contribution in [0.15, 0.2) is 82.1 Å². The van der Waals surface area contributed by atoms with E-state index >= 15 is 0 Å². The first kappa shape index (κ1) is 28.7. The number of halogens is 1. The number of rotatable bonds is 8. The van der Waals surface area contributed by atoms with Crippen molar-refractivity contribution in [3.8, 4) is 22.8 Å². The van der Waals surface area contributed by atoms with Gasteiger partial charge in [0.15, 0.2) is 11.5 Å². The number of aromatic nitrogens is 1. The SMILES string of the molecule is COc1ccc([C@@H]2CC(c3ccc(Cl)cc3)=NN2c2nc(-c3ccc(S(=O)(=O)N4CCCCC4)cc3)cs2)cc1OC. The molecule has 11 heteroatoms. The molecule has 6 rings (SSSR count). The van der Waals surface area contributed by atoms with Crippen molar-refractivity contribution in [2.75, 3.05) is 32.3 Å². The fourth-order valence-corrected chi connectivity index (χ4v) is 7.85. The number of sulfonamides is 1. The van der Waals surface area contributed by atoms with Crippen LogP contribution in [0.1, 0.15) is 42.9 Å². The van der Waals surface area contributed by atoms with Crippen LogP contribution in [0.25, 0.3) is 11.3 Å². The van der Waals surface area contributed by atoms with Crippen LogP contribution in [-0.2, 0) is 10.0 Å². The third-order valence-corrected chi connectivity index (χ3v) is 10.7. The van der Waals surface area contributed by atoms with E-state index < -0.39 is 10.0 Å². The first-order valence-electron chi connectivity index (χ1n) is 13.8. The Morgan fingerprint density at radius 2 is 1.57 bits per heavy atom. The number of anilines is 1. The first-order valence-corrected chi connectivity index (χ1v) is 16.5. The molecule has 3 aromatic carbocycles. The fourth-order valence-electron chi connectivity index (χ4n) is 5.38. The van der Waals surface area contributed by atoms with Crippen LogP contribution in [-0.4, -0.2) is 50.7 Å². The summed E-state index contributed by atoms with van der Waals surface area (Å²) in [7, 11) is -0.247. The zero-order valence-electron chi connectivity index (χ0n) is 23.4. The maximum atomic E-state index is 13.1. The van der Waals surface area contributed by atoms with Crippen LogP contribution in [0.3, 0.4) is 0 Å². The van der Waals surface area contributed by atoms with Gasteiger partial charge in [-0.3, -0.25) is 0 Å². The molecule has 0 unspecified atom stereocenters. The summed E-state index contributed by atoms with van der Waals surface area (Å²) >= 11 is 7.64. The molecule has 8 nitrogen and oxygen atoms in total. The van der Waals surface area contributed by atoms with E-state index in [1.165, 1.54) is 11.3 Å². The lowest BCUT2D eigenvalue weighted by Crippen LogP contribution is -2.35. The monoisotopic (exact) mass is 622 g/mol. The third kappa shape index (κ3) is 5.64. The number of hydrogen-bond donors (Lipinski definition) is 0. The molecule has 2 aliphatic rings. The van der Waals surface area contributed by atoms with Crippen LogP contribution in [0.5, 0.6) is 11.5 Å². The summed E-state index contributed by atoms with van der Waals surface area (Å²) in [5, 5.41) is 10.4. The van der Waals surface area contributed by atoms with Gasteiger partial charge in [0.1, 0.15) is 0 Å². The highest BCUT2D eigenvalue weighted by Gasteiger charge is 2.33. The Morgan fingerprint density at radius 1 is 0.881 bits per heavy atom. The number of thiazole rings is 1. The van der Waals surface area contributed by atoms with E-state index in [4.69, 9.17) is 31.2 Å². The second-order valence-electron chi connectivity index (χ2n) is 10.2. The summed E-state index contributed by atoms with van der Waals surface area (Å²) in [5.74, 6) is 1.31. The van der Waals surface area contributed by atoms with Crippen LogP contribution < -0.4 is 14.5 Å². The van der Waals surface area contributed by atoms with E-state index in [-0.39, 0.29) is 6.04 Å². The standard InChI is InChI=1S/C31H31ClN4O4S2/c1-39-29-15-10-23(18-30(29)40-2)28-19-26(21-6-11-24(32)12-7-21)34-36(28)31-33-27(20-41-31)22-8-13-25(14-9-22)42(37,38)35-16-4-3-5-17-35/h6-15,18,20,28H,3-5,16-17,19H2,1-2H3/t28-/m0/s1. The molecule has 0 saturated carbocycles. The lowest BCUT2D eigenvalue weighted by molar-refractivity contribution is 0.346. The van der Waals surface area contributed by atoms with Crippen molar-refractivity contribution < 1.29 is 17.9 Å². The zero-order chi connectivity index (χ0) is 29.3. The van der Waals surface area contributed by atoms with E-state index in [0.29, 0.717) is 40.9 Å². The van der Waals surface area contributed by atoms with E-state index in [0.717, 1.165) is 52.5 Å². The van der Waals surface area contributed by atoms with E-state index in [9.17, 15) is 8.42 Å². The van der Waals surface area contributed by atoms with Crippen molar-refractivity contribution in [1.82, 2.24) is 9.29 Å². The van der Waals surface area contributed by atoms with Gasteiger partial charge in [-0.15, -0.1) is 11.3 Å². The average Bonchev–Trinajstić information content (AvgIpc) is 3.70. The van der Waals surface area contributed by atoms with Gasteiger partial charge in [-0.2, -0.15) is 9.41 Å².